The monoisotopic (exact) mass is 316 g/mol. The van der Waals surface area contributed by atoms with Crippen LogP contribution in [0.2, 0.25) is 0 Å². The van der Waals surface area contributed by atoms with Crippen LogP contribution in [0.1, 0.15) is 32.0 Å². The Morgan fingerprint density at radius 1 is 0.750 bits per heavy atom. The maximum absolute atomic E-state index is 12.3. The van der Waals surface area contributed by atoms with E-state index in [9.17, 15) is 9.59 Å². The topological polar surface area (TPSA) is 59.1 Å². The fourth-order valence-corrected chi connectivity index (χ4v) is 2.30. The third kappa shape index (κ3) is 3.73. The Balaban J connectivity index is 1.66. The van der Waals surface area contributed by atoms with E-state index in [2.05, 4.69) is 10.3 Å². The van der Waals surface area contributed by atoms with Crippen LogP contribution in [-0.2, 0) is 6.54 Å². The molecule has 4 nitrogen and oxygen atoms in total. The summed E-state index contributed by atoms with van der Waals surface area (Å²) in [5, 5.41) is 2.81. The van der Waals surface area contributed by atoms with Gasteiger partial charge < -0.3 is 5.32 Å². The van der Waals surface area contributed by atoms with Crippen molar-refractivity contribution in [2.45, 2.75) is 6.54 Å². The molecule has 0 bridgehead atoms. The Morgan fingerprint density at radius 3 is 2.04 bits per heavy atom. The van der Waals surface area contributed by atoms with E-state index in [0.717, 1.165) is 5.69 Å². The molecule has 0 aliphatic rings. The lowest BCUT2D eigenvalue weighted by atomic mass is 10.0. The minimum Gasteiger partial charge on any atom is -0.346 e. The predicted molar refractivity (Wildman–Crippen MR) is 91.7 cm³/mol. The van der Waals surface area contributed by atoms with E-state index < -0.39 is 0 Å². The quantitative estimate of drug-likeness (QED) is 0.735. The number of benzene rings is 2. The summed E-state index contributed by atoms with van der Waals surface area (Å²) in [6, 6.07) is 21.3. The van der Waals surface area contributed by atoms with Gasteiger partial charge in [0.1, 0.15) is 0 Å². The summed E-state index contributed by atoms with van der Waals surface area (Å²) in [6.45, 7) is 0.365. The van der Waals surface area contributed by atoms with Gasteiger partial charge in [-0.05, 0) is 24.3 Å². The fraction of sp³-hybridized carbons (Fsp3) is 0.0500. The zero-order valence-electron chi connectivity index (χ0n) is 13.0. The SMILES string of the molecule is O=C(NCc1ccccn1)c1ccc(C(=O)c2ccccc2)cc1. The first-order valence-corrected chi connectivity index (χ1v) is 7.62. The van der Waals surface area contributed by atoms with Crippen LogP contribution >= 0.6 is 0 Å². The van der Waals surface area contributed by atoms with Crippen molar-refractivity contribution in [2.75, 3.05) is 0 Å². The summed E-state index contributed by atoms with van der Waals surface area (Å²) in [5.41, 5.74) is 2.49. The van der Waals surface area contributed by atoms with Crippen molar-refractivity contribution in [2.24, 2.45) is 0 Å². The number of carbonyl (C=O) groups excluding carboxylic acids is 2. The summed E-state index contributed by atoms with van der Waals surface area (Å²) in [4.78, 5) is 28.6. The van der Waals surface area contributed by atoms with Gasteiger partial charge in [0.15, 0.2) is 5.78 Å². The Hall–Kier alpha value is -3.27. The standard InChI is InChI=1S/C20H16N2O2/c23-19(15-6-2-1-3-7-15)16-9-11-17(12-10-16)20(24)22-14-18-8-4-5-13-21-18/h1-13H,14H2,(H,22,24). The maximum atomic E-state index is 12.3. The van der Waals surface area contributed by atoms with Gasteiger partial charge >= 0.3 is 0 Å². The number of nitrogens with zero attached hydrogens (tertiary/aromatic N) is 1. The van der Waals surface area contributed by atoms with E-state index in [1.54, 1.807) is 42.6 Å². The van der Waals surface area contributed by atoms with Gasteiger partial charge in [0.2, 0.25) is 0 Å². The summed E-state index contributed by atoms with van der Waals surface area (Å²) < 4.78 is 0. The molecule has 0 saturated carbocycles. The van der Waals surface area contributed by atoms with Gasteiger partial charge in [-0.1, -0.05) is 48.5 Å². The van der Waals surface area contributed by atoms with Crippen LogP contribution in [0.25, 0.3) is 0 Å². The molecule has 0 aliphatic carbocycles. The highest BCUT2D eigenvalue weighted by Gasteiger charge is 2.10. The number of pyridine rings is 1. The van der Waals surface area contributed by atoms with E-state index in [4.69, 9.17) is 0 Å². The van der Waals surface area contributed by atoms with Gasteiger partial charge in [0.05, 0.1) is 12.2 Å². The second-order valence-electron chi connectivity index (χ2n) is 5.28. The molecule has 24 heavy (non-hydrogen) atoms. The number of amides is 1. The Morgan fingerprint density at radius 2 is 1.38 bits per heavy atom. The first-order chi connectivity index (χ1) is 11.7. The van der Waals surface area contributed by atoms with E-state index in [1.807, 2.05) is 36.4 Å². The predicted octanol–water partition coefficient (Wildman–Crippen LogP) is 3.24. The van der Waals surface area contributed by atoms with Crippen LogP contribution in [0.3, 0.4) is 0 Å². The molecule has 3 aromatic rings. The van der Waals surface area contributed by atoms with Crippen molar-refractivity contribution in [3.63, 3.8) is 0 Å². The van der Waals surface area contributed by atoms with E-state index in [1.165, 1.54) is 0 Å². The normalized spacial score (nSPS) is 10.2. The third-order valence-electron chi connectivity index (χ3n) is 3.60. The first-order valence-electron chi connectivity index (χ1n) is 7.62. The molecule has 1 aromatic heterocycles. The minimum atomic E-state index is -0.195. The van der Waals surface area contributed by atoms with Gasteiger partial charge in [0.25, 0.3) is 5.91 Å². The molecule has 2 aromatic carbocycles. The summed E-state index contributed by atoms with van der Waals surface area (Å²) in [7, 11) is 0. The molecular formula is C20H16N2O2. The highest BCUT2D eigenvalue weighted by Crippen LogP contribution is 2.11. The van der Waals surface area contributed by atoms with Crippen LogP contribution in [0.4, 0.5) is 0 Å². The molecular weight excluding hydrogens is 300 g/mol. The number of ketones is 1. The molecule has 0 fully saturated rings. The number of aromatic nitrogens is 1. The zero-order valence-corrected chi connectivity index (χ0v) is 13.0. The summed E-state index contributed by atoms with van der Waals surface area (Å²) >= 11 is 0. The second kappa shape index (κ2) is 7.33. The molecule has 0 atom stereocenters. The van der Waals surface area contributed by atoms with Crippen molar-refractivity contribution in [1.29, 1.82) is 0 Å². The summed E-state index contributed by atoms with van der Waals surface area (Å²) in [6.07, 6.45) is 1.69. The van der Waals surface area contributed by atoms with Gasteiger partial charge in [-0.3, -0.25) is 14.6 Å². The lowest BCUT2D eigenvalue weighted by Gasteiger charge is -2.06. The smallest absolute Gasteiger partial charge is 0.251 e. The number of hydrogen-bond donors (Lipinski definition) is 1. The van der Waals surface area contributed by atoms with Gasteiger partial charge in [-0.15, -0.1) is 0 Å². The lowest BCUT2D eigenvalue weighted by molar-refractivity contribution is 0.0949. The molecule has 0 unspecified atom stereocenters. The molecule has 0 saturated heterocycles. The molecule has 4 heteroatoms. The lowest BCUT2D eigenvalue weighted by Crippen LogP contribution is -2.23. The van der Waals surface area contributed by atoms with Crippen molar-refractivity contribution in [1.82, 2.24) is 10.3 Å². The molecule has 3 rings (SSSR count). The largest absolute Gasteiger partial charge is 0.346 e. The Labute approximate surface area is 140 Å². The fourth-order valence-electron chi connectivity index (χ4n) is 2.30. The van der Waals surface area contributed by atoms with E-state index >= 15 is 0 Å². The van der Waals surface area contributed by atoms with Crippen LogP contribution < -0.4 is 5.32 Å². The Bertz CT molecular complexity index is 829. The second-order valence-corrected chi connectivity index (χ2v) is 5.28. The number of rotatable bonds is 5. The average molecular weight is 316 g/mol. The zero-order chi connectivity index (χ0) is 16.8. The van der Waals surface area contributed by atoms with Crippen LogP contribution in [0.5, 0.6) is 0 Å². The summed E-state index contributed by atoms with van der Waals surface area (Å²) in [5.74, 6) is -0.254. The average Bonchev–Trinajstić information content (AvgIpc) is 2.67. The van der Waals surface area contributed by atoms with Gasteiger partial charge in [-0.2, -0.15) is 0 Å². The van der Waals surface area contributed by atoms with Crippen molar-refractivity contribution >= 4 is 11.7 Å². The van der Waals surface area contributed by atoms with Crippen molar-refractivity contribution in [3.8, 4) is 0 Å². The Kier molecular flexibility index (Phi) is 4.77. The van der Waals surface area contributed by atoms with Crippen molar-refractivity contribution in [3.05, 3.63) is 101 Å². The molecule has 0 aliphatic heterocycles. The number of carbonyl (C=O) groups is 2. The first kappa shape index (κ1) is 15.6. The minimum absolute atomic E-state index is 0.0592. The van der Waals surface area contributed by atoms with Gasteiger partial charge in [0, 0.05) is 22.9 Å². The highest BCUT2D eigenvalue weighted by molar-refractivity contribution is 6.09. The molecule has 1 amide bonds. The molecule has 1 N–H and O–H groups in total. The highest BCUT2D eigenvalue weighted by atomic mass is 16.1. The van der Waals surface area contributed by atoms with Crippen LogP contribution in [0, 0.1) is 0 Å². The van der Waals surface area contributed by atoms with Gasteiger partial charge in [-0.25, -0.2) is 0 Å². The van der Waals surface area contributed by atoms with Crippen LogP contribution in [-0.4, -0.2) is 16.7 Å². The van der Waals surface area contributed by atoms with Crippen molar-refractivity contribution < 1.29 is 9.59 Å². The molecule has 118 valence electrons. The number of hydrogen-bond acceptors (Lipinski definition) is 3. The third-order valence-corrected chi connectivity index (χ3v) is 3.60. The molecule has 0 spiro atoms. The number of nitrogens with one attached hydrogen (secondary N) is 1. The maximum Gasteiger partial charge on any atom is 0.251 e. The molecule has 1 heterocycles. The molecule has 0 radical (unpaired) electrons. The van der Waals surface area contributed by atoms with E-state index in [-0.39, 0.29) is 11.7 Å². The van der Waals surface area contributed by atoms with Crippen LogP contribution in [0.15, 0.2) is 79.0 Å². The van der Waals surface area contributed by atoms with E-state index in [0.29, 0.717) is 23.2 Å².